The number of nitrogens with zero attached hydrogens (tertiary/aromatic N) is 3. The number of amides is 2. The highest BCUT2D eigenvalue weighted by atomic mass is 19.4. The van der Waals surface area contributed by atoms with Gasteiger partial charge >= 0.3 is 30.1 Å². The number of carbonyl (C=O) groups excluding carboxylic acids is 2. The van der Waals surface area contributed by atoms with Crippen molar-refractivity contribution in [2.75, 3.05) is 31.3 Å². The number of allylic oxidation sites excluding steroid dienone is 1. The molecule has 1 aliphatic heterocycles. The Morgan fingerprint density at radius 2 is 1.73 bits per heavy atom. The molecular formula is C26H22F3N3O8. The lowest BCUT2D eigenvalue weighted by Gasteiger charge is -2.42. The second-order valence-electron chi connectivity index (χ2n) is 8.41. The summed E-state index contributed by atoms with van der Waals surface area (Å²) in [5, 5.41) is 27.4. The third-order valence-corrected chi connectivity index (χ3v) is 5.75. The minimum absolute atomic E-state index is 0.128. The van der Waals surface area contributed by atoms with E-state index in [1.165, 1.54) is 37.3 Å². The first-order chi connectivity index (χ1) is 18.8. The fourth-order valence-electron chi connectivity index (χ4n) is 4.06. The monoisotopic (exact) mass is 561 g/mol. The molecule has 2 aromatic carbocycles. The van der Waals surface area contributed by atoms with Gasteiger partial charge in [0.05, 0.1) is 41.1 Å². The molecule has 0 saturated carbocycles. The second kappa shape index (κ2) is 12.3. The molecule has 0 saturated heterocycles. The van der Waals surface area contributed by atoms with Crippen LogP contribution in [0, 0.1) is 11.3 Å². The van der Waals surface area contributed by atoms with Crippen LogP contribution in [0.3, 0.4) is 0 Å². The predicted octanol–water partition coefficient (Wildman–Crippen LogP) is 3.56. The van der Waals surface area contributed by atoms with Crippen LogP contribution in [0.5, 0.6) is 0 Å². The van der Waals surface area contributed by atoms with E-state index >= 15 is 0 Å². The second-order valence-corrected chi connectivity index (χ2v) is 8.41. The lowest BCUT2D eigenvalue weighted by Crippen LogP contribution is -2.52. The molecule has 210 valence electrons. The van der Waals surface area contributed by atoms with E-state index in [4.69, 9.17) is 19.8 Å². The van der Waals surface area contributed by atoms with Gasteiger partial charge in [-0.15, -0.1) is 0 Å². The maximum Gasteiger partial charge on any atom is 0.416 e. The lowest BCUT2D eigenvalue weighted by atomic mass is 9.92. The Kier molecular flexibility index (Phi) is 9.12. The summed E-state index contributed by atoms with van der Waals surface area (Å²) in [6.07, 6.45) is -4.75. The third kappa shape index (κ3) is 6.75. The highest BCUT2D eigenvalue weighted by molar-refractivity contribution is 6.04. The fourth-order valence-corrected chi connectivity index (χ4v) is 4.06. The molecule has 0 spiro atoms. The molecule has 0 bridgehead atoms. The number of halogens is 3. The molecule has 0 aliphatic carbocycles. The maximum absolute atomic E-state index is 13.7. The summed E-state index contributed by atoms with van der Waals surface area (Å²) in [5.41, 5.74) is -1.28. The Morgan fingerprint density at radius 1 is 1.05 bits per heavy atom. The normalized spacial score (nSPS) is 15.6. The zero-order chi connectivity index (χ0) is 29.6. The van der Waals surface area contributed by atoms with Gasteiger partial charge in [-0.05, 0) is 42.8 Å². The minimum Gasteiger partial charge on any atom is -0.480 e. The molecule has 1 unspecified atom stereocenters. The molecule has 0 radical (unpaired) electrons. The number of rotatable bonds is 10. The molecule has 40 heavy (non-hydrogen) atoms. The fraction of sp³-hybridized carbons (Fsp3) is 0.269. The Balaban J connectivity index is 2.16. The topological polar surface area (TPSA) is 157 Å². The molecule has 1 atom stereocenters. The first-order valence-corrected chi connectivity index (χ1v) is 11.5. The van der Waals surface area contributed by atoms with Gasteiger partial charge in [-0.2, -0.15) is 18.4 Å². The number of alkyl halides is 3. The molecule has 14 heteroatoms. The zero-order valence-corrected chi connectivity index (χ0v) is 20.8. The molecular weight excluding hydrogens is 539 g/mol. The van der Waals surface area contributed by atoms with E-state index in [9.17, 15) is 37.5 Å². The van der Waals surface area contributed by atoms with Gasteiger partial charge in [-0.3, -0.25) is 9.69 Å². The highest BCUT2D eigenvalue weighted by Gasteiger charge is 2.44. The van der Waals surface area contributed by atoms with Gasteiger partial charge in [0.2, 0.25) is 0 Å². The van der Waals surface area contributed by atoms with Crippen LogP contribution >= 0.6 is 0 Å². The standard InChI is InChI=1S/C26H22F3N3O8/c1-15-22(24(37)40-10-9-39-14-21(35)36)23(17-7-5-16(12-30)6-8-17)31(13-20(33)34)25(38)32(15)19-4-2-3-18(11-19)26(27,28)29/h2-8,11,23H,9-10,13-14H2,1H3,(H,33,34)(H,35,36). The molecule has 0 aromatic heterocycles. The third-order valence-electron chi connectivity index (χ3n) is 5.75. The maximum atomic E-state index is 13.7. The van der Waals surface area contributed by atoms with Gasteiger partial charge in [-0.25, -0.2) is 14.4 Å². The van der Waals surface area contributed by atoms with Crippen LogP contribution in [0.2, 0.25) is 0 Å². The van der Waals surface area contributed by atoms with Gasteiger partial charge < -0.3 is 24.6 Å². The van der Waals surface area contributed by atoms with Crippen molar-refractivity contribution in [2.24, 2.45) is 0 Å². The van der Waals surface area contributed by atoms with Gasteiger partial charge in [0, 0.05) is 5.70 Å². The van der Waals surface area contributed by atoms with Crippen molar-refractivity contribution in [2.45, 2.75) is 19.1 Å². The van der Waals surface area contributed by atoms with E-state index in [1.807, 2.05) is 6.07 Å². The predicted molar refractivity (Wildman–Crippen MR) is 130 cm³/mol. The SMILES string of the molecule is CC1=C(C(=O)OCCOCC(=O)O)C(c2ccc(C#N)cc2)N(CC(=O)O)C(=O)N1c1cccc(C(F)(F)F)c1. The molecule has 11 nitrogen and oxygen atoms in total. The van der Waals surface area contributed by atoms with Gasteiger partial charge in [-0.1, -0.05) is 18.2 Å². The number of ether oxygens (including phenoxy) is 2. The summed E-state index contributed by atoms with van der Waals surface area (Å²) in [5.74, 6) is -3.77. The number of benzene rings is 2. The molecule has 2 N–H and O–H groups in total. The molecule has 1 aliphatic rings. The smallest absolute Gasteiger partial charge is 0.416 e. The number of carbonyl (C=O) groups is 4. The average molecular weight is 561 g/mol. The Labute approximate surface area is 225 Å². The van der Waals surface area contributed by atoms with E-state index in [1.54, 1.807) is 0 Å². The van der Waals surface area contributed by atoms with E-state index in [0.717, 1.165) is 21.9 Å². The number of nitriles is 1. The molecule has 0 fully saturated rings. The van der Waals surface area contributed by atoms with Crippen LogP contribution in [0.1, 0.15) is 29.7 Å². The van der Waals surface area contributed by atoms with Crippen molar-refractivity contribution in [3.05, 3.63) is 76.5 Å². The largest absolute Gasteiger partial charge is 0.480 e. The minimum atomic E-state index is -4.75. The van der Waals surface area contributed by atoms with Gasteiger partial charge in [0.1, 0.15) is 19.8 Å². The van der Waals surface area contributed by atoms with Crippen molar-refractivity contribution in [3.8, 4) is 6.07 Å². The molecule has 2 aromatic rings. The van der Waals surface area contributed by atoms with E-state index in [0.29, 0.717) is 6.07 Å². The zero-order valence-electron chi connectivity index (χ0n) is 20.8. The van der Waals surface area contributed by atoms with Crippen LogP contribution in [-0.2, 0) is 30.0 Å². The van der Waals surface area contributed by atoms with Gasteiger partial charge in [0.15, 0.2) is 0 Å². The van der Waals surface area contributed by atoms with Crippen molar-refractivity contribution < 1.29 is 52.0 Å². The molecule has 3 rings (SSSR count). The number of esters is 1. The van der Waals surface area contributed by atoms with Crippen molar-refractivity contribution >= 4 is 29.6 Å². The van der Waals surface area contributed by atoms with Crippen molar-refractivity contribution in [1.29, 1.82) is 5.26 Å². The molecule has 1 heterocycles. The number of carboxylic acids is 2. The van der Waals surface area contributed by atoms with E-state index in [2.05, 4.69) is 0 Å². The summed E-state index contributed by atoms with van der Waals surface area (Å²) in [4.78, 5) is 51.0. The highest BCUT2D eigenvalue weighted by Crippen LogP contribution is 2.41. The summed E-state index contributed by atoms with van der Waals surface area (Å²) < 4.78 is 50.4. The number of anilines is 1. The number of hydrogen-bond donors (Lipinski definition) is 2. The van der Waals surface area contributed by atoms with Crippen LogP contribution in [-0.4, -0.2) is 65.4 Å². The number of urea groups is 1. The van der Waals surface area contributed by atoms with Crippen LogP contribution in [0.25, 0.3) is 0 Å². The van der Waals surface area contributed by atoms with E-state index in [-0.39, 0.29) is 34.7 Å². The first-order valence-electron chi connectivity index (χ1n) is 11.5. The molecule has 2 amide bonds. The summed E-state index contributed by atoms with van der Waals surface area (Å²) >= 11 is 0. The Bertz CT molecular complexity index is 1380. The summed E-state index contributed by atoms with van der Waals surface area (Å²) in [7, 11) is 0. The van der Waals surface area contributed by atoms with Crippen molar-refractivity contribution in [3.63, 3.8) is 0 Å². The number of carboxylic acid groups (broad SMARTS) is 2. The van der Waals surface area contributed by atoms with Crippen LogP contribution in [0.15, 0.2) is 59.8 Å². The quantitative estimate of drug-likeness (QED) is 0.327. The van der Waals surface area contributed by atoms with Crippen LogP contribution in [0.4, 0.5) is 23.7 Å². The Hall–Kier alpha value is -4.90. The number of aliphatic carboxylic acids is 2. The first kappa shape index (κ1) is 29.7. The Morgan fingerprint density at radius 3 is 2.30 bits per heavy atom. The number of hydrogen-bond acceptors (Lipinski definition) is 7. The van der Waals surface area contributed by atoms with Crippen LogP contribution < -0.4 is 4.90 Å². The summed E-state index contributed by atoms with van der Waals surface area (Å²) in [6, 6.07) is 8.85. The van der Waals surface area contributed by atoms with Crippen molar-refractivity contribution in [1.82, 2.24) is 4.90 Å². The van der Waals surface area contributed by atoms with E-state index < -0.39 is 61.5 Å². The van der Waals surface area contributed by atoms with Gasteiger partial charge in [0.25, 0.3) is 0 Å². The summed E-state index contributed by atoms with van der Waals surface area (Å²) in [6.45, 7) is -1.02. The average Bonchev–Trinajstić information content (AvgIpc) is 2.89. The lowest BCUT2D eigenvalue weighted by molar-refractivity contribution is -0.146.